The Hall–Kier alpha value is -2.62. The van der Waals surface area contributed by atoms with Crippen LogP contribution in [0.2, 0.25) is 0 Å². The van der Waals surface area contributed by atoms with Gasteiger partial charge in [-0.05, 0) is 84.8 Å². The van der Waals surface area contributed by atoms with Gasteiger partial charge in [0, 0.05) is 42.9 Å². The number of hydrogen-bond donors (Lipinski definition) is 1. The molecule has 1 aromatic carbocycles. The number of nitrogens with two attached hydrogens (primary N) is 1. The van der Waals surface area contributed by atoms with Crippen molar-refractivity contribution < 1.29 is 9.47 Å². The first-order valence-electron chi connectivity index (χ1n) is 13.8. The third-order valence-corrected chi connectivity index (χ3v) is 6.64. The first-order valence-corrected chi connectivity index (χ1v) is 13.8. The quantitative estimate of drug-likeness (QED) is 0.150. The maximum absolute atomic E-state index is 6.33. The molecule has 4 heteroatoms. The monoisotopic (exact) mass is 496 g/mol. The topological polar surface area (TPSA) is 47.7 Å². The smallest absolute Gasteiger partial charge is 0.124 e. The van der Waals surface area contributed by atoms with Crippen molar-refractivity contribution in [3.05, 3.63) is 71.7 Å². The summed E-state index contributed by atoms with van der Waals surface area (Å²) in [5, 5.41) is 0. The molecule has 36 heavy (non-hydrogen) atoms. The minimum atomic E-state index is 0.627. The fraction of sp³-hybridized carbons (Fsp3) is 0.562. The summed E-state index contributed by atoms with van der Waals surface area (Å²) in [5.74, 6) is 1.93. The van der Waals surface area contributed by atoms with Gasteiger partial charge in [-0.15, -0.1) is 6.58 Å². The summed E-state index contributed by atoms with van der Waals surface area (Å²) in [6.45, 7) is 21.5. The predicted molar refractivity (Wildman–Crippen MR) is 158 cm³/mol. The van der Waals surface area contributed by atoms with E-state index in [1.807, 2.05) is 13.0 Å². The van der Waals surface area contributed by atoms with E-state index in [0.717, 1.165) is 81.7 Å². The first kappa shape index (κ1) is 31.4. The van der Waals surface area contributed by atoms with Crippen LogP contribution in [0, 0.1) is 0 Å². The molecule has 0 atom stereocenters. The summed E-state index contributed by atoms with van der Waals surface area (Å²) in [7, 11) is 0. The van der Waals surface area contributed by atoms with Gasteiger partial charge in [-0.2, -0.15) is 0 Å². The van der Waals surface area contributed by atoms with Crippen molar-refractivity contribution >= 4 is 5.69 Å². The maximum atomic E-state index is 6.33. The van der Waals surface area contributed by atoms with Gasteiger partial charge in [0.2, 0.25) is 0 Å². The van der Waals surface area contributed by atoms with Crippen LogP contribution in [0.5, 0.6) is 5.75 Å². The molecule has 1 aliphatic rings. The number of allylic oxidation sites excluding steroid dienone is 5. The highest BCUT2D eigenvalue weighted by Crippen LogP contribution is 2.34. The van der Waals surface area contributed by atoms with Crippen LogP contribution >= 0.6 is 0 Å². The average molecular weight is 497 g/mol. The van der Waals surface area contributed by atoms with Crippen LogP contribution in [0.15, 0.2) is 66.1 Å². The number of ether oxygens (including phenoxy) is 2. The zero-order chi connectivity index (χ0) is 26.8. The van der Waals surface area contributed by atoms with E-state index < -0.39 is 0 Å². The predicted octanol–water partition coefficient (Wildman–Crippen LogP) is 8.49. The molecule has 1 aromatic rings. The normalized spacial score (nSPS) is 13.7. The lowest BCUT2D eigenvalue weighted by Gasteiger charge is -2.32. The molecule has 0 saturated heterocycles. The second-order valence-electron chi connectivity index (χ2n) is 9.51. The van der Waals surface area contributed by atoms with Crippen molar-refractivity contribution in [2.75, 3.05) is 31.2 Å². The van der Waals surface area contributed by atoms with Crippen LogP contribution in [-0.2, 0) is 11.2 Å². The summed E-state index contributed by atoms with van der Waals surface area (Å²) in [4.78, 5) is 2.51. The summed E-state index contributed by atoms with van der Waals surface area (Å²) in [6, 6.07) is 6.47. The fourth-order valence-corrected chi connectivity index (χ4v) is 4.11. The molecule has 4 nitrogen and oxygen atoms in total. The molecule has 202 valence electrons. The number of fused-ring (bicyclic) bond motifs is 1. The van der Waals surface area contributed by atoms with Crippen molar-refractivity contribution in [1.82, 2.24) is 0 Å². The number of hydrogen-bond acceptors (Lipinski definition) is 4. The van der Waals surface area contributed by atoms with E-state index in [4.69, 9.17) is 15.2 Å². The van der Waals surface area contributed by atoms with E-state index in [9.17, 15) is 0 Å². The third kappa shape index (κ3) is 11.9. The first-order chi connectivity index (χ1) is 17.4. The van der Waals surface area contributed by atoms with E-state index in [0.29, 0.717) is 13.2 Å². The van der Waals surface area contributed by atoms with Gasteiger partial charge in [0.15, 0.2) is 0 Å². The van der Waals surface area contributed by atoms with Crippen LogP contribution in [0.1, 0.15) is 91.5 Å². The van der Waals surface area contributed by atoms with Gasteiger partial charge in [-0.1, -0.05) is 42.9 Å². The van der Waals surface area contributed by atoms with Gasteiger partial charge in [-0.3, -0.25) is 0 Å². The Morgan fingerprint density at radius 1 is 1.11 bits per heavy atom. The molecule has 0 amide bonds. The molecule has 0 radical (unpaired) electrons. The van der Waals surface area contributed by atoms with Crippen molar-refractivity contribution in [3.8, 4) is 5.75 Å². The summed E-state index contributed by atoms with van der Waals surface area (Å²) < 4.78 is 11.7. The summed E-state index contributed by atoms with van der Waals surface area (Å²) in [6.07, 6.45) is 13.5. The molecule has 0 spiro atoms. The lowest BCUT2D eigenvalue weighted by Crippen LogP contribution is -2.30. The van der Waals surface area contributed by atoms with Gasteiger partial charge in [0.1, 0.15) is 5.75 Å². The molecule has 0 unspecified atom stereocenters. The molecular formula is C32H52N2O2. The molecule has 0 aliphatic carbocycles. The number of unbranched alkanes of at least 4 members (excludes halogenated alkanes) is 1. The van der Waals surface area contributed by atoms with E-state index in [2.05, 4.69) is 70.0 Å². The van der Waals surface area contributed by atoms with Gasteiger partial charge in [0.25, 0.3) is 0 Å². The Morgan fingerprint density at radius 3 is 2.53 bits per heavy atom. The van der Waals surface area contributed by atoms with Crippen LogP contribution < -0.4 is 15.4 Å². The van der Waals surface area contributed by atoms with E-state index >= 15 is 0 Å². The highest BCUT2D eigenvalue weighted by atomic mass is 16.5. The number of benzene rings is 1. The molecule has 1 aliphatic heterocycles. The van der Waals surface area contributed by atoms with Gasteiger partial charge >= 0.3 is 0 Å². The number of nitrogens with zero attached hydrogens (tertiary/aromatic N) is 1. The molecule has 1 heterocycles. The van der Waals surface area contributed by atoms with Crippen molar-refractivity contribution in [3.63, 3.8) is 0 Å². The summed E-state index contributed by atoms with van der Waals surface area (Å²) >= 11 is 0. The van der Waals surface area contributed by atoms with Gasteiger partial charge < -0.3 is 20.1 Å². The molecule has 0 aromatic heterocycles. The van der Waals surface area contributed by atoms with Crippen molar-refractivity contribution in [1.29, 1.82) is 0 Å². The Balaban J connectivity index is 0.00000150. The van der Waals surface area contributed by atoms with Gasteiger partial charge in [-0.25, -0.2) is 0 Å². The largest absolute Gasteiger partial charge is 0.499 e. The summed E-state index contributed by atoms with van der Waals surface area (Å²) in [5.41, 5.74) is 12.7. The molecule has 2 rings (SSSR count). The van der Waals surface area contributed by atoms with Crippen LogP contribution in [0.3, 0.4) is 0 Å². The molecule has 2 N–H and O–H groups in total. The minimum Gasteiger partial charge on any atom is -0.499 e. The maximum Gasteiger partial charge on any atom is 0.124 e. The number of anilines is 1. The van der Waals surface area contributed by atoms with Crippen LogP contribution in [-0.4, -0.2) is 26.3 Å². The Bertz CT molecular complexity index is 854. The standard InChI is InChI=1S/C28H44N2O2.C4H8/c1-6-22(3)16-17-23(4)26(29)18-21-32-28-15-10-14-27-25(28)13-11-20-30(27)19-9-8-12-24(5)31-7-2;1-3-4-2/h6,10,14-15H,5,7-9,11-13,16-21,29H2,1-4H3;3H,1,4H2,2H3/b22-6+,26-23-;. The Morgan fingerprint density at radius 2 is 1.86 bits per heavy atom. The van der Waals surface area contributed by atoms with Crippen molar-refractivity contribution in [2.24, 2.45) is 5.73 Å². The van der Waals surface area contributed by atoms with E-state index in [-0.39, 0.29) is 0 Å². The second kappa shape index (κ2) is 18.6. The Labute approximate surface area is 221 Å². The lowest BCUT2D eigenvalue weighted by atomic mass is 10.00. The third-order valence-electron chi connectivity index (χ3n) is 6.64. The van der Waals surface area contributed by atoms with Crippen molar-refractivity contribution in [2.45, 2.75) is 92.4 Å². The highest BCUT2D eigenvalue weighted by Gasteiger charge is 2.20. The second-order valence-corrected chi connectivity index (χ2v) is 9.51. The van der Waals surface area contributed by atoms with Gasteiger partial charge in [0.05, 0.1) is 19.0 Å². The lowest BCUT2D eigenvalue weighted by molar-refractivity contribution is 0.218. The van der Waals surface area contributed by atoms with E-state index in [1.54, 1.807) is 0 Å². The molecule has 0 saturated carbocycles. The average Bonchev–Trinajstić information content (AvgIpc) is 2.89. The fourth-order valence-electron chi connectivity index (χ4n) is 4.11. The SMILES string of the molecule is C=C(CCCCN1CCCc2c(OCC/C(N)=C(\C)CC/C(C)=C/C)cccc21)OCC.C=CCC. The van der Waals surface area contributed by atoms with Crippen LogP contribution in [0.4, 0.5) is 5.69 Å². The minimum absolute atomic E-state index is 0.627. The van der Waals surface area contributed by atoms with Crippen LogP contribution in [0.25, 0.3) is 0 Å². The van der Waals surface area contributed by atoms with E-state index in [1.165, 1.54) is 28.8 Å². The highest BCUT2D eigenvalue weighted by molar-refractivity contribution is 5.61. The Kier molecular flexibility index (Phi) is 16.2. The molecule has 0 bridgehead atoms. The molecule has 0 fully saturated rings. The number of rotatable bonds is 15. The zero-order valence-corrected chi connectivity index (χ0v) is 23.8. The molecular weight excluding hydrogens is 444 g/mol. The zero-order valence-electron chi connectivity index (χ0n) is 23.8.